The third-order valence-electron chi connectivity index (χ3n) is 3.98. The van der Waals surface area contributed by atoms with Gasteiger partial charge in [-0.3, -0.25) is 4.79 Å². The van der Waals surface area contributed by atoms with E-state index < -0.39 is 5.97 Å². The Morgan fingerprint density at radius 1 is 1.40 bits per heavy atom. The third kappa shape index (κ3) is 4.41. The van der Waals surface area contributed by atoms with Crippen molar-refractivity contribution in [2.24, 2.45) is 0 Å². The smallest absolute Gasteiger partial charge is 0.347 e. The third-order valence-corrected chi connectivity index (χ3v) is 5.30. The number of amides is 1. The predicted octanol–water partition coefficient (Wildman–Crippen LogP) is 2.61. The Hall–Kier alpha value is -2.29. The van der Waals surface area contributed by atoms with Crippen LogP contribution in [0.4, 0.5) is 0 Å². The van der Waals surface area contributed by atoms with E-state index >= 15 is 0 Å². The number of carboxylic acid groups (broad SMARTS) is 1. The lowest BCUT2D eigenvalue weighted by atomic mass is 10.2. The lowest BCUT2D eigenvalue weighted by molar-refractivity contribution is -0.121. The number of hydrogen-bond acceptors (Lipinski definition) is 7. The number of rotatable bonds is 8. The van der Waals surface area contributed by atoms with Gasteiger partial charge in [-0.1, -0.05) is 5.16 Å². The van der Waals surface area contributed by atoms with E-state index in [1.807, 2.05) is 0 Å². The molecule has 0 radical (unpaired) electrons. The highest BCUT2D eigenvalue weighted by atomic mass is 32.1. The van der Waals surface area contributed by atoms with Crippen molar-refractivity contribution in [3.63, 3.8) is 0 Å². The molecule has 1 aliphatic rings. The van der Waals surface area contributed by atoms with E-state index in [0.717, 1.165) is 30.0 Å². The van der Waals surface area contributed by atoms with E-state index in [1.165, 1.54) is 0 Å². The average molecular weight is 364 g/mol. The minimum absolute atomic E-state index is 0.112. The number of aromatic nitrogens is 3. The van der Waals surface area contributed by atoms with Crippen molar-refractivity contribution in [3.05, 3.63) is 27.3 Å². The van der Waals surface area contributed by atoms with Gasteiger partial charge in [0.25, 0.3) is 0 Å². The zero-order valence-corrected chi connectivity index (χ0v) is 14.9. The lowest BCUT2D eigenvalue weighted by Gasteiger charge is -2.10. The van der Waals surface area contributed by atoms with Crippen molar-refractivity contribution in [2.75, 3.05) is 0 Å². The molecule has 1 unspecified atom stereocenters. The second-order valence-corrected chi connectivity index (χ2v) is 7.27. The Bertz CT molecular complexity index is 781. The zero-order valence-electron chi connectivity index (χ0n) is 14.1. The summed E-state index contributed by atoms with van der Waals surface area (Å²) in [7, 11) is 0. The average Bonchev–Trinajstić information content (AvgIpc) is 3.16. The molecule has 1 fully saturated rings. The molecule has 1 saturated carbocycles. The highest BCUT2D eigenvalue weighted by molar-refractivity contribution is 7.13. The number of aryl methyl sites for hydroxylation is 2. The van der Waals surface area contributed by atoms with Crippen LogP contribution in [-0.4, -0.2) is 32.1 Å². The van der Waals surface area contributed by atoms with Gasteiger partial charge in [-0.05, 0) is 33.1 Å². The van der Waals surface area contributed by atoms with E-state index in [-0.39, 0.29) is 16.8 Å². The Morgan fingerprint density at radius 2 is 2.16 bits per heavy atom. The van der Waals surface area contributed by atoms with Gasteiger partial charge in [-0.15, -0.1) is 11.3 Å². The van der Waals surface area contributed by atoms with Crippen LogP contribution in [0.5, 0.6) is 0 Å². The maximum atomic E-state index is 12.0. The molecule has 8 nitrogen and oxygen atoms in total. The summed E-state index contributed by atoms with van der Waals surface area (Å²) in [5.74, 6) is 0.703. The molecule has 0 bridgehead atoms. The fraction of sp³-hybridized carbons (Fsp3) is 0.562. The SMILES string of the molecule is Cc1nc(C(C)NC(=O)CCCc2nc(C3CC3)no2)sc1C(=O)O. The van der Waals surface area contributed by atoms with Gasteiger partial charge in [0, 0.05) is 18.8 Å². The number of aromatic carboxylic acids is 1. The molecule has 2 heterocycles. The maximum Gasteiger partial charge on any atom is 0.347 e. The lowest BCUT2D eigenvalue weighted by Crippen LogP contribution is -2.26. The first-order valence-electron chi connectivity index (χ1n) is 8.26. The molecule has 134 valence electrons. The van der Waals surface area contributed by atoms with Crippen LogP contribution < -0.4 is 5.32 Å². The van der Waals surface area contributed by atoms with Crippen LogP contribution in [0.15, 0.2) is 4.52 Å². The first kappa shape index (κ1) is 17.5. The monoisotopic (exact) mass is 364 g/mol. The first-order valence-corrected chi connectivity index (χ1v) is 9.08. The van der Waals surface area contributed by atoms with Crippen molar-refractivity contribution in [2.45, 2.75) is 57.9 Å². The molecular formula is C16H20N4O4S. The van der Waals surface area contributed by atoms with E-state index in [9.17, 15) is 9.59 Å². The summed E-state index contributed by atoms with van der Waals surface area (Å²) < 4.78 is 5.18. The predicted molar refractivity (Wildman–Crippen MR) is 89.6 cm³/mol. The molecule has 1 atom stereocenters. The molecule has 1 aliphatic carbocycles. The van der Waals surface area contributed by atoms with Crippen molar-refractivity contribution < 1.29 is 19.2 Å². The number of carbonyl (C=O) groups is 2. The Balaban J connectivity index is 1.44. The van der Waals surface area contributed by atoms with E-state index in [4.69, 9.17) is 9.63 Å². The van der Waals surface area contributed by atoms with Crippen LogP contribution in [-0.2, 0) is 11.2 Å². The Morgan fingerprint density at radius 3 is 2.80 bits per heavy atom. The highest BCUT2D eigenvalue weighted by Gasteiger charge is 2.28. The van der Waals surface area contributed by atoms with E-state index in [2.05, 4.69) is 20.4 Å². The molecule has 2 aromatic rings. The Labute approximate surface area is 148 Å². The topological polar surface area (TPSA) is 118 Å². The van der Waals surface area contributed by atoms with E-state index in [0.29, 0.717) is 41.8 Å². The number of nitrogens with zero attached hydrogens (tertiary/aromatic N) is 3. The summed E-state index contributed by atoms with van der Waals surface area (Å²) in [6.07, 6.45) is 3.77. The molecule has 0 aliphatic heterocycles. The minimum atomic E-state index is -0.995. The number of carboxylic acids is 1. The number of hydrogen-bond donors (Lipinski definition) is 2. The quantitative estimate of drug-likeness (QED) is 0.739. The van der Waals surface area contributed by atoms with Crippen LogP contribution in [0.1, 0.15) is 76.7 Å². The second-order valence-electron chi connectivity index (χ2n) is 6.24. The summed E-state index contributed by atoms with van der Waals surface area (Å²) in [6.45, 7) is 3.44. The molecule has 2 aromatic heterocycles. The fourth-order valence-electron chi connectivity index (χ4n) is 2.45. The van der Waals surface area contributed by atoms with Gasteiger partial charge in [0.2, 0.25) is 11.8 Å². The van der Waals surface area contributed by atoms with Crippen LogP contribution in [0, 0.1) is 6.92 Å². The van der Waals surface area contributed by atoms with Crippen molar-refractivity contribution in [3.8, 4) is 0 Å². The van der Waals surface area contributed by atoms with Crippen LogP contribution in [0.3, 0.4) is 0 Å². The number of carbonyl (C=O) groups excluding carboxylic acids is 1. The van der Waals surface area contributed by atoms with Crippen LogP contribution >= 0.6 is 11.3 Å². The van der Waals surface area contributed by atoms with Crippen molar-refractivity contribution in [1.29, 1.82) is 0 Å². The standard InChI is InChI=1S/C16H20N4O4S/c1-8-13(16(22)23)25-15(18-8)9(2)17-11(21)4-3-5-12-19-14(20-24-12)10-6-7-10/h9-10H,3-7H2,1-2H3,(H,17,21)(H,22,23). The van der Waals surface area contributed by atoms with Crippen molar-refractivity contribution in [1.82, 2.24) is 20.4 Å². The van der Waals surface area contributed by atoms with Gasteiger partial charge in [0.05, 0.1) is 11.7 Å². The van der Waals surface area contributed by atoms with E-state index in [1.54, 1.807) is 13.8 Å². The van der Waals surface area contributed by atoms with Crippen LogP contribution in [0.25, 0.3) is 0 Å². The molecule has 3 rings (SSSR count). The molecule has 25 heavy (non-hydrogen) atoms. The molecule has 0 saturated heterocycles. The zero-order chi connectivity index (χ0) is 18.0. The molecule has 2 N–H and O–H groups in total. The summed E-state index contributed by atoms with van der Waals surface area (Å²) in [5, 5.41) is 16.5. The first-order chi connectivity index (χ1) is 11.9. The summed E-state index contributed by atoms with van der Waals surface area (Å²) in [5.41, 5.74) is 0.469. The number of thiazole rings is 1. The van der Waals surface area contributed by atoms with Gasteiger partial charge in [0.1, 0.15) is 9.88 Å². The number of nitrogens with one attached hydrogen (secondary N) is 1. The molecule has 9 heteroatoms. The molecule has 0 spiro atoms. The highest BCUT2D eigenvalue weighted by Crippen LogP contribution is 2.38. The molecular weight excluding hydrogens is 344 g/mol. The summed E-state index contributed by atoms with van der Waals surface area (Å²) >= 11 is 1.09. The molecule has 1 amide bonds. The van der Waals surface area contributed by atoms with Gasteiger partial charge in [-0.25, -0.2) is 9.78 Å². The summed E-state index contributed by atoms with van der Waals surface area (Å²) in [6, 6.07) is -0.325. The van der Waals surface area contributed by atoms with Crippen molar-refractivity contribution >= 4 is 23.2 Å². The normalized spacial score (nSPS) is 15.1. The Kier molecular flexibility index (Phi) is 5.12. The largest absolute Gasteiger partial charge is 0.477 e. The second kappa shape index (κ2) is 7.30. The summed E-state index contributed by atoms with van der Waals surface area (Å²) in [4.78, 5) is 31.9. The van der Waals surface area contributed by atoms with Gasteiger partial charge < -0.3 is 14.9 Å². The molecule has 0 aromatic carbocycles. The van der Waals surface area contributed by atoms with Crippen LogP contribution in [0.2, 0.25) is 0 Å². The van der Waals surface area contributed by atoms with Gasteiger partial charge >= 0.3 is 5.97 Å². The maximum absolute atomic E-state index is 12.0. The van der Waals surface area contributed by atoms with Gasteiger partial charge in [0.15, 0.2) is 5.82 Å². The van der Waals surface area contributed by atoms with Gasteiger partial charge in [-0.2, -0.15) is 4.98 Å². The minimum Gasteiger partial charge on any atom is -0.477 e. The fourth-order valence-corrected chi connectivity index (χ4v) is 3.36.